The molecule has 4 atom stereocenters. The minimum atomic E-state index is -0.512. The Morgan fingerprint density at radius 2 is 0.542 bits per heavy atom. The van der Waals surface area contributed by atoms with Crippen molar-refractivity contribution >= 4 is 35.0 Å². The van der Waals surface area contributed by atoms with E-state index in [1.807, 2.05) is 48.5 Å². The van der Waals surface area contributed by atoms with Crippen LogP contribution in [0.5, 0.6) is 0 Å². The quantitative estimate of drug-likeness (QED) is 0.211. The van der Waals surface area contributed by atoms with Gasteiger partial charge in [0.2, 0.25) is 23.6 Å². The highest BCUT2D eigenvalue weighted by Gasteiger charge is 2.63. The first-order chi connectivity index (χ1) is 23.5. The first-order valence-corrected chi connectivity index (χ1v) is 16.8. The number of amides is 4. The Labute approximate surface area is 276 Å². The first-order valence-electron chi connectivity index (χ1n) is 16.8. The van der Waals surface area contributed by atoms with Crippen LogP contribution in [0.15, 0.2) is 121 Å². The van der Waals surface area contributed by atoms with E-state index in [4.69, 9.17) is 0 Å². The summed E-state index contributed by atoms with van der Waals surface area (Å²) in [5.74, 6) is -3.78. The van der Waals surface area contributed by atoms with Crippen LogP contribution in [0, 0.1) is 23.7 Å². The monoisotopic (exact) mass is 624 g/mol. The van der Waals surface area contributed by atoms with Crippen LogP contribution in [0.25, 0.3) is 0 Å². The highest BCUT2D eigenvalue weighted by atomic mass is 16.2. The van der Waals surface area contributed by atoms with Crippen molar-refractivity contribution in [2.24, 2.45) is 23.7 Å². The molecule has 0 unspecified atom stereocenters. The average molecular weight is 625 g/mol. The zero-order chi connectivity index (χ0) is 32.0. The Balaban J connectivity index is 0.992. The maximum Gasteiger partial charge on any atom is 0.238 e. The van der Waals surface area contributed by atoms with Crippen molar-refractivity contribution in [2.75, 3.05) is 9.80 Å². The second kappa shape index (κ2) is 9.04. The van der Waals surface area contributed by atoms with E-state index in [1.165, 1.54) is 9.80 Å². The molecule has 2 aliphatic heterocycles. The Bertz CT molecular complexity index is 1940. The number of nitrogens with zero attached hydrogens (tertiary/aromatic N) is 2. The molecule has 230 valence electrons. The zero-order valence-corrected chi connectivity index (χ0v) is 25.7. The van der Waals surface area contributed by atoms with E-state index in [1.54, 1.807) is 24.3 Å². The predicted molar refractivity (Wildman–Crippen MR) is 179 cm³/mol. The number of hydrogen-bond donors (Lipinski definition) is 0. The lowest BCUT2D eigenvalue weighted by atomic mass is 9.55. The van der Waals surface area contributed by atoms with Gasteiger partial charge < -0.3 is 0 Å². The smallest absolute Gasteiger partial charge is 0.238 e. The summed E-state index contributed by atoms with van der Waals surface area (Å²) in [5, 5.41) is 0. The van der Waals surface area contributed by atoms with Gasteiger partial charge in [-0.05, 0) is 62.7 Å². The van der Waals surface area contributed by atoms with Crippen LogP contribution in [0.2, 0.25) is 0 Å². The summed E-state index contributed by atoms with van der Waals surface area (Å²) in [6.45, 7) is 0. The van der Waals surface area contributed by atoms with Crippen LogP contribution < -0.4 is 9.80 Å². The van der Waals surface area contributed by atoms with Crippen molar-refractivity contribution in [3.63, 3.8) is 0 Å². The van der Waals surface area contributed by atoms with Crippen LogP contribution in [-0.2, 0) is 19.2 Å². The molecule has 0 saturated carbocycles. The van der Waals surface area contributed by atoms with Crippen molar-refractivity contribution in [1.29, 1.82) is 0 Å². The summed E-state index contributed by atoms with van der Waals surface area (Å²) in [7, 11) is 0. The lowest BCUT2D eigenvalue weighted by Gasteiger charge is -2.45. The molecule has 0 radical (unpaired) electrons. The maximum atomic E-state index is 14.4. The fraction of sp³-hybridized carbons (Fsp3) is 0.190. The third-order valence-corrected chi connectivity index (χ3v) is 12.2. The SMILES string of the molecule is O=C1[C@@H]2C3c4ccccc4C(c4ccccc43)[C@@H]2C(=O)N1c1cccc(N2C(=O)[C@@H]3C4c5ccccc5C(c5ccccc54)[C@@H]3C2=O)c1. The third kappa shape index (κ3) is 3.00. The Morgan fingerprint density at radius 1 is 0.312 bits per heavy atom. The number of carbonyl (C=O) groups is 4. The molecule has 6 heteroatoms. The molecule has 13 rings (SSSR count). The van der Waals surface area contributed by atoms with Crippen molar-refractivity contribution in [3.8, 4) is 0 Å². The van der Waals surface area contributed by atoms with Gasteiger partial charge in [0.05, 0.1) is 35.0 Å². The van der Waals surface area contributed by atoms with Gasteiger partial charge in [0, 0.05) is 23.7 Å². The van der Waals surface area contributed by atoms with Gasteiger partial charge in [0.1, 0.15) is 0 Å². The highest BCUT2D eigenvalue weighted by molar-refractivity contribution is 6.25. The lowest BCUT2D eigenvalue weighted by molar-refractivity contribution is -0.124. The molecule has 5 aromatic rings. The van der Waals surface area contributed by atoms with Crippen LogP contribution in [0.4, 0.5) is 11.4 Å². The van der Waals surface area contributed by atoms with Crippen LogP contribution in [-0.4, -0.2) is 23.6 Å². The lowest BCUT2D eigenvalue weighted by Crippen LogP contribution is -2.41. The fourth-order valence-corrected chi connectivity index (χ4v) is 10.6. The number of rotatable bonds is 2. The maximum absolute atomic E-state index is 14.4. The number of hydrogen-bond acceptors (Lipinski definition) is 4. The third-order valence-electron chi connectivity index (χ3n) is 12.2. The van der Waals surface area contributed by atoms with E-state index >= 15 is 0 Å². The Hall–Kier alpha value is -5.62. The van der Waals surface area contributed by atoms with Crippen molar-refractivity contribution in [1.82, 2.24) is 0 Å². The van der Waals surface area contributed by atoms with Crippen LogP contribution in [0.1, 0.15) is 68.2 Å². The summed E-state index contributed by atoms with van der Waals surface area (Å²) >= 11 is 0. The van der Waals surface area contributed by atoms with Gasteiger partial charge in [-0.1, -0.05) is 103 Å². The predicted octanol–water partition coefficient (Wildman–Crippen LogP) is 6.48. The van der Waals surface area contributed by atoms with E-state index in [0.29, 0.717) is 11.4 Å². The van der Waals surface area contributed by atoms with Gasteiger partial charge in [-0.3, -0.25) is 19.2 Å². The summed E-state index contributed by atoms with van der Waals surface area (Å²) in [4.78, 5) is 60.4. The van der Waals surface area contributed by atoms with E-state index in [0.717, 1.165) is 44.5 Å². The minimum absolute atomic E-state index is 0.208. The normalized spacial score (nSPS) is 29.8. The van der Waals surface area contributed by atoms with Crippen LogP contribution >= 0.6 is 0 Å². The fourth-order valence-electron chi connectivity index (χ4n) is 10.6. The second-order valence-electron chi connectivity index (χ2n) is 14.1. The molecule has 5 aromatic carbocycles. The van der Waals surface area contributed by atoms with Gasteiger partial charge in [-0.2, -0.15) is 0 Å². The summed E-state index contributed by atoms with van der Waals surface area (Å²) < 4.78 is 0. The number of carbonyl (C=O) groups excluding carboxylic acids is 4. The molecule has 0 N–H and O–H groups in total. The number of benzene rings is 5. The Morgan fingerprint density at radius 3 is 0.771 bits per heavy atom. The molecule has 2 fully saturated rings. The molecule has 0 spiro atoms. The van der Waals surface area contributed by atoms with Gasteiger partial charge in [0.15, 0.2) is 0 Å². The van der Waals surface area contributed by atoms with E-state index < -0.39 is 23.7 Å². The molecule has 4 bridgehead atoms. The minimum Gasteiger partial charge on any atom is -0.274 e. The molecule has 2 saturated heterocycles. The van der Waals surface area contributed by atoms with E-state index in [2.05, 4.69) is 48.5 Å². The van der Waals surface area contributed by atoms with Gasteiger partial charge in [-0.25, -0.2) is 9.80 Å². The van der Waals surface area contributed by atoms with Gasteiger partial charge in [-0.15, -0.1) is 0 Å². The van der Waals surface area contributed by atoms with Crippen molar-refractivity contribution in [3.05, 3.63) is 166 Å². The summed E-state index contributed by atoms with van der Waals surface area (Å²) in [6.07, 6.45) is 0. The van der Waals surface area contributed by atoms with E-state index in [-0.39, 0.29) is 47.3 Å². The molecule has 4 amide bonds. The number of imide groups is 2. The highest BCUT2D eigenvalue weighted by Crippen LogP contribution is 2.63. The molecule has 8 aliphatic rings. The molecule has 2 heterocycles. The molecule has 6 aliphatic carbocycles. The molecular formula is C42H28N2O4. The van der Waals surface area contributed by atoms with Crippen molar-refractivity contribution in [2.45, 2.75) is 23.7 Å². The Kier molecular flexibility index (Phi) is 4.98. The first kappa shape index (κ1) is 26.4. The molecular weight excluding hydrogens is 596 g/mol. The van der Waals surface area contributed by atoms with Gasteiger partial charge in [0.25, 0.3) is 0 Å². The van der Waals surface area contributed by atoms with Crippen molar-refractivity contribution < 1.29 is 19.2 Å². The standard InChI is InChI=1S/C42H28N2O4/c45-39-35-31-23-12-1-2-13-24(23)32(26-15-4-3-14-25(26)31)36(35)40(46)43(39)21-10-9-11-22(20-21)44-41(47)37-33-27-16-5-6-17-28(27)34(38(37)42(44)48)30-19-8-7-18-29(30)33/h1-20,31-38H/t31?,32?,33?,34?,35-,36+,37-,38+. The largest absolute Gasteiger partial charge is 0.274 e. The van der Waals surface area contributed by atoms with E-state index in [9.17, 15) is 19.2 Å². The molecule has 48 heavy (non-hydrogen) atoms. The second-order valence-corrected chi connectivity index (χ2v) is 14.1. The number of anilines is 2. The molecule has 0 aromatic heterocycles. The topological polar surface area (TPSA) is 74.8 Å². The summed E-state index contributed by atoms with van der Waals surface area (Å²) in [6, 6.07) is 39.7. The summed E-state index contributed by atoms with van der Waals surface area (Å²) in [5.41, 5.74) is 9.73. The molecule has 6 nitrogen and oxygen atoms in total. The average Bonchev–Trinajstić information content (AvgIpc) is 3.56. The van der Waals surface area contributed by atoms with Crippen LogP contribution in [0.3, 0.4) is 0 Å². The zero-order valence-electron chi connectivity index (χ0n) is 25.7. The van der Waals surface area contributed by atoms with Gasteiger partial charge >= 0.3 is 0 Å².